The summed E-state index contributed by atoms with van der Waals surface area (Å²) < 4.78 is 16.1. The maximum absolute atomic E-state index is 12.8. The molecule has 0 heterocycles. The van der Waals surface area contributed by atoms with Crippen molar-refractivity contribution in [1.82, 2.24) is 10.6 Å². The smallest absolute Gasteiger partial charge is 0.408 e. The minimum Gasteiger partial charge on any atom is -0.449 e. The Morgan fingerprint density at radius 1 is 0.854 bits per heavy atom. The van der Waals surface area contributed by atoms with Crippen molar-refractivity contribution in [1.29, 1.82) is 0 Å². The predicted molar refractivity (Wildman–Crippen MR) is 151 cm³/mol. The highest BCUT2D eigenvalue weighted by atomic mass is 16.6. The molecule has 0 fully saturated rings. The van der Waals surface area contributed by atoms with Gasteiger partial charge in [0.1, 0.15) is 30.0 Å². The first-order chi connectivity index (χ1) is 19.4. The van der Waals surface area contributed by atoms with Crippen molar-refractivity contribution in [2.75, 3.05) is 6.61 Å². The molecule has 3 aromatic carbocycles. The summed E-state index contributed by atoms with van der Waals surface area (Å²) in [4.78, 5) is 49.6. The summed E-state index contributed by atoms with van der Waals surface area (Å²) in [5.74, 6) is -1.65. The number of ether oxygens (including phenoxy) is 3. The molecular weight excluding hydrogens is 526 g/mol. The third-order valence-corrected chi connectivity index (χ3v) is 6.39. The summed E-state index contributed by atoms with van der Waals surface area (Å²) >= 11 is 0. The van der Waals surface area contributed by atoms with Crippen LogP contribution in [0, 0.1) is 0 Å². The van der Waals surface area contributed by atoms with Crippen LogP contribution in [-0.2, 0) is 19.1 Å². The van der Waals surface area contributed by atoms with Gasteiger partial charge in [0.2, 0.25) is 5.91 Å². The van der Waals surface area contributed by atoms with Gasteiger partial charge in [-0.25, -0.2) is 14.4 Å². The average molecular weight is 560 g/mol. The van der Waals surface area contributed by atoms with Crippen LogP contribution in [0.15, 0.2) is 72.8 Å². The van der Waals surface area contributed by atoms with Gasteiger partial charge in [-0.05, 0) is 67.6 Å². The summed E-state index contributed by atoms with van der Waals surface area (Å²) in [6.45, 7) is 6.61. The molecule has 10 heteroatoms. The lowest BCUT2D eigenvalue weighted by Crippen LogP contribution is -2.43. The zero-order chi connectivity index (χ0) is 29.7. The molecule has 3 amide bonds. The molecule has 0 aromatic heterocycles. The first-order valence-corrected chi connectivity index (χ1v) is 13.1. The third kappa shape index (κ3) is 7.21. The van der Waals surface area contributed by atoms with Crippen molar-refractivity contribution >= 4 is 24.1 Å². The van der Waals surface area contributed by atoms with Gasteiger partial charge in [-0.15, -0.1) is 0 Å². The Kier molecular flexibility index (Phi) is 8.61. The van der Waals surface area contributed by atoms with Gasteiger partial charge in [-0.3, -0.25) is 4.79 Å². The van der Waals surface area contributed by atoms with Crippen molar-refractivity contribution < 1.29 is 33.4 Å². The lowest BCUT2D eigenvalue weighted by Gasteiger charge is -2.21. The van der Waals surface area contributed by atoms with Crippen molar-refractivity contribution in [2.24, 2.45) is 5.73 Å². The van der Waals surface area contributed by atoms with Crippen LogP contribution in [-0.4, -0.2) is 42.3 Å². The molecule has 0 saturated carbocycles. The van der Waals surface area contributed by atoms with Crippen LogP contribution in [0.25, 0.3) is 11.1 Å². The molecule has 41 heavy (non-hydrogen) atoms. The van der Waals surface area contributed by atoms with Gasteiger partial charge in [0.25, 0.3) is 0 Å². The second-order valence-electron chi connectivity index (χ2n) is 10.7. The molecule has 0 bridgehead atoms. The topological polar surface area (TPSA) is 146 Å². The lowest BCUT2D eigenvalue weighted by atomic mass is 9.98. The van der Waals surface area contributed by atoms with Crippen LogP contribution < -0.4 is 21.1 Å². The summed E-state index contributed by atoms with van der Waals surface area (Å²) in [6.07, 6.45) is -1.59. The number of benzene rings is 3. The van der Waals surface area contributed by atoms with E-state index in [2.05, 4.69) is 10.6 Å². The molecular formula is C31H33N3O7. The molecule has 214 valence electrons. The summed E-state index contributed by atoms with van der Waals surface area (Å²) in [5, 5.41) is 4.91. The number of primary amides is 1. The molecule has 4 rings (SSSR count). The Bertz CT molecular complexity index is 1420. The number of rotatable bonds is 8. The molecule has 0 saturated heterocycles. The fraction of sp³-hybridized carbons (Fsp3) is 0.290. The Balaban J connectivity index is 1.39. The average Bonchev–Trinajstić information content (AvgIpc) is 3.23. The second-order valence-corrected chi connectivity index (χ2v) is 10.7. The number of esters is 1. The molecule has 0 spiro atoms. The SMILES string of the molecule is C[C@H](NC(=O)OC(C)(C)C)C(=O)Oc1cccc(C(NC(=O)OCC2c3ccccc3-c3ccccc32)C(N)=O)c1. The quantitative estimate of drug-likeness (QED) is 0.271. The molecule has 4 N–H and O–H groups in total. The molecule has 0 radical (unpaired) electrons. The molecule has 3 aromatic rings. The number of amides is 3. The standard InChI is InChI=1S/C31H33N3O7/c1-18(33-30(38)41-31(2,3)4)28(36)40-20-11-9-10-19(16-20)26(27(32)35)34-29(37)39-17-25-23-14-7-5-12-21(23)22-13-6-8-15-24(22)25/h5-16,18,25-26H,17H2,1-4H3,(H2,32,35)(H,33,38)(H,34,37)/t18-,26?/m0/s1. The van der Waals surface area contributed by atoms with Crippen LogP contribution in [0.4, 0.5) is 9.59 Å². The summed E-state index contributed by atoms with van der Waals surface area (Å²) in [5.41, 5.74) is 9.43. The van der Waals surface area contributed by atoms with Crippen LogP contribution in [0.5, 0.6) is 5.75 Å². The first kappa shape index (κ1) is 29.1. The highest BCUT2D eigenvalue weighted by molar-refractivity contribution is 5.86. The number of hydrogen-bond acceptors (Lipinski definition) is 7. The molecule has 1 unspecified atom stereocenters. The van der Waals surface area contributed by atoms with Crippen molar-refractivity contribution in [3.8, 4) is 16.9 Å². The van der Waals surface area contributed by atoms with Crippen molar-refractivity contribution in [2.45, 2.75) is 51.3 Å². The minimum atomic E-state index is -1.25. The number of nitrogens with two attached hydrogens (primary N) is 1. The van der Waals surface area contributed by atoms with Crippen LogP contribution in [0.2, 0.25) is 0 Å². The van der Waals surface area contributed by atoms with Crippen LogP contribution in [0.3, 0.4) is 0 Å². The Labute approximate surface area is 238 Å². The first-order valence-electron chi connectivity index (χ1n) is 13.1. The molecule has 1 aliphatic rings. The van der Waals surface area contributed by atoms with E-state index in [4.69, 9.17) is 19.9 Å². The number of alkyl carbamates (subject to hydrolysis) is 2. The van der Waals surface area contributed by atoms with E-state index in [9.17, 15) is 19.2 Å². The highest BCUT2D eigenvalue weighted by Crippen LogP contribution is 2.44. The summed E-state index contributed by atoms with van der Waals surface area (Å²) in [7, 11) is 0. The van der Waals surface area contributed by atoms with Crippen LogP contribution >= 0.6 is 0 Å². The van der Waals surface area contributed by atoms with Crippen LogP contribution in [0.1, 0.15) is 56.3 Å². The van der Waals surface area contributed by atoms with E-state index in [1.165, 1.54) is 19.1 Å². The number of hydrogen-bond donors (Lipinski definition) is 3. The number of carbonyl (C=O) groups is 4. The normalized spacial score (nSPS) is 13.7. The zero-order valence-electron chi connectivity index (χ0n) is 23.3. The van der Waals surface area contributed by atoms with E-state index >= 15 is 0 Å². The fourth-order valence-corrected chi connectivity index (χ4v) is 4.58. The Morgan fingerprint density at radius 2 is 1.46 bits per heavy atom. The van der Waals surface area contributed by atoms with Gasteiger partial charge in [0.05, 0.1) is 0 Å². The number of fused-ring (bicyclic) bond motifs is 3. The second kappa shape index (κ2) is 12.1. The highest BCUT2D eigenvalue weighted by Gasteiger charge is 2.30. The zero-order valence-corrected chi connectivity index (χ0v) is 23.3. The largest absolute Gasteiger partial charge is 0.449 e. The van der Waals surface area contributed by atoms with E-state index in [1.807, 2.05) is 48.5 Å². The fourth-order valence-electron chi connectivity index (χ4n) is 4.58. The van der Waals surface area contributed by atoms with Gasteiger partial charge in [0, 0.05) is 5.92 Å². The number of carbonyl (C=O) groups excluding carboxylic acids is 4. The van der Waals surface area contributed by atoms with Crippen molar-refractivity contribution in [3.05, 3.63) is 89.5 Å². The van der Waals surface area contributed by atoms with E-state index in [-0.39, 0.29) is 23.8 Å². The molecule has 0 aliphatic heterocycles. The monoisotopic (exact) mass is 559 g/mol. The Hall–Kier alpha value is -4.86. The summed E-state index contributed by atoms with van der Waals surface area (Å²) in [6, 6.07) is 19.6. The van der Waals surface area contributed by atoms with Gasteiger partial charge < -0.3 is 30.6 Å². The minimum absolute atomic E-state index is 0.0610. The molecule has 1 aliphatic carbocycles. The predicted octanol–water partition coefficient (Wildman–Crippen LogP) is 4.57. The Morgan fingerprint density at radius 3 is 2.05 bits per heavy atom. The maximum Gasteiger partial charge on any atom is 0.408 e. The van der Waals surface area contributed by atoms with E-state index < -0.39 is 41.7 Å². The lowest BCUT2D eigenvalue weighted by molar-refractivity contribution is -0.136. The maximum atomic E-state index is 12.8. The van der Waals surface area contributed by atoms with Gasteiger partial charge in [-0.2, -0.15) is 0 Å². The molecule has 2 atom stereocenters. The van der Waals surface area contributed by atoms with E-state index in [0.717, 1.165) is 22.3 Å². The van der Waals surface area contributed by atoms with Gasteiger partial charge in [-0.1, -0.05) is 60.7 Å². The van der Waals surface area contributed by atoms with E-state index in [1.54, 1.807) is 32.9 Å². The van der Waals surface area contributed by atoms with Gasteiger partial charge in [0.15, 0.2) is 0 Å². The third-order valence-electron chi connectivity index (χ3n) is 6.39. The van der Waals surface area contributed by atoms with Crippen molar-refractivity contribution in [3.63, 3.8) is 0 Å². The van der Waals surface area contributed by atoms with Gasteiger partial charge >= 0.3 is 18.2 Å². The van der Waals surface area contributed by atoms with E-state index in [0.29, 0.717) is 0 Å². The molecule has 10 nitrogen and oxygen atoms in total. The number of nitrogens with one attached hydrogen (secondary N) is 2.